The summed E-state index contributed by atoms with van der Waals surface area (Å²) < 4.78 is 42.9. The van der Waals surface area contributed by atoms with Crippen LogP contribution in [0.25, 0.3) is 11.1 Å². The smallest absolute Gasteiger partial charge is 0.508 e. The molecule has 7 heteroatoms. The lowest BCUT2D eigenvalue weighted by Crippen LogP contribution is -2.17. The van der Waals surface area contributed by atoms with Gasteiger partial charge in [0, 0.05) is 29.9 Å². The molecule has 1 aromatic carbocycles. The minimum Gasteiger partial charge on any atom is -0.508 e. The summed E-state index contributed by atoms with van der Waals surface area (Å²) in [5, 5.41) is 13.4. The summed E-state index contributed by atoms with van der Waals surface area (Å²) in [5.41, 5.74) is 0.718. The molecule has 0 atom stereocenters. The number of phenolic OH excluding ortho intramolecular Hbond substituents is 1. The van der Waals surface area contributed by atoms with E-state index >= 15 is 0 Å². The van der Waals surface area contributed by atoms with E-state index in [0.29, 0.717) is 18.0 Å². The lowest BCUT2D eigenvalue weighted by atomic mass is 10.1. The predicted molar refractivity (Wildman–Crippen MR) is 70.8 cm³/mol. The molecule has 2 aromatic rings. The molecule has 0 aliphatic rings. The van der Waals surface area contributed by atoms with Gasteiger partial charge in [-0.05, 0) is 18.1 Å². The molecule has 4 nitrogen and oxygen atoms in total. The Morgan fingerprint density at radius 2 is 2.05 bits per heavy atom. The number of halogens is 3. The summed E-state index contributed by atoms with van der Waals surface area (Å²) in [7, 11) is 0. The first-order valence-corrected chi connectivity index (χ1v) is 6.36. The zero-order valence-electron chi connectivity index (χ0n) is 11.6. The zero-order valence-corrected chi connectivity index (χ0v) is 11.6. The predicted octanol–water partition coefficient (Wildman–Crippen LogP) is 3.81. The van der Waals surface area contributed by atoms with Crippen LogP contribution in [-0.2, 0) is 6.54 Å². The first kappa shape index (κ1) is 15.2. The second-order valence-corrected chi connectivity index (χ2v) is 5.07. The van der Waals surface area contributed by atoms with Crippen LogP contribution in [0.2, 0.25) is 0 Å². The van der Waals surface area contributed by atoms with Crippen LogP contribution in [0.4, 0.5) is 13.2 Å². The van der Waals surface area contributed by atoms with Crippen LogP contribution in [0.15, 0.2) is 30.6 Å². The maximum Gasteiger partial charge on any atom is 0.573 e. The van der Waals surface area contributed by atoms with Crippen molar-refractivity contribution in [2.75, 3.05) is 0 Å². The highest BCUT2D eigenvalue weighted by atomic mass is 19.4. The van der Waals surface area contributed by atoms with Gasteiger partial charge in [-0.15, -0.1) is 13.2 Å². The quantitative estimate of drug-likeness (QED) is 0.934. The Labute approximate surface area is 119 Å². The third kappa shape index (κ3) is 4.14. The number of benzene rings is 1. The van der Waals surface area contributed by atoms with Gasteiger partial charge in [0.05, 0.1) is 6.20 Å². The van der Waals surface area contributed by atoms with Crippen molar-refractivity contribution in [2.45, 2.75) is 26.8 Å². The minimum atomic E-state index is -4.82. The van der Waals surface area contributed by atoms with Gasteiger partial charge in [-0.2, -0.15) is 5.10 Å². The summed E-state index contributed by atoms with van der Waals surface area (Å²) in [6, 6.07) is 3.61. The number of aromatic hydroxyl groups is 1. The van der Waals surface area contributed by atoms with Crippen LogP contribution in [-0.4, -0.2) is 21.2 Å². The monoisotopic (exact) mass is 300 g/mol. The average molecular weight is 300 g/mol. The molecule has 0 saturated carbocycles. The van der Waals surface area contributed by atoms with Gasteiger partial charge in [-0.3, -0.25) is 4.68 Å². The molecule has 0 radical (unpaired) electrons. The fourth-order valence-corrected chi connectivity index (χ4v) is 1.94. The lowest BCUT2D eigenvalue weighted by molar-refractivity contribution is -0.274. The number of hydrogen-bond acceptors (Lipinski definition) is 3. The highest BCUT2D eigenvalue weighted by molar-refractivity contribution is 5.70. The Morgan fingerprint density at radius 1 is 1.33 bits per heavy atom. The number of hydrogen-bond donors (Lipinski definition) is 1. The summed E-state index contributed by atoms with van der Waals surface area (Å²) >= 11 is 0. The second kappa shape index (κ2) is 5.67. The molecule has 1 heterocycles. The first-order valence-electron chi connectivity index (χ1n) is 6.36. The van der Waals surface area contributed by atoms with Gasteiger partial charge in [0.1, 0.15) is 11.5 Å². The van der Waals surface area contributed by atoms with E-state index < -0.39 is 12.1 Å². The van der Waals surface area contributed by atoms with E-state index in [9.17, 15) is 18.3 Å². The van der Waals surface area contributed by atoms with Gasteiger partial charge in [0.25, 0.3) is 0 Å². The fraction of sp³-hybridized carbons (Fsp3) is 0.357. The summed E-state index contributed by atoms with van der Waals surface area (Å²) in [6.07, 6.45) is -1.70. The van der Waals surface area contributed by atoms with Crippen molar-refractivity contribution < 1.29 is 23.0 Å². The van der Waals surface area contributed by atoms with E-state index in [4.69, 9.17) is 0 Å². The first-order chi connectivity index (χ1) is 9.74. The van der Waals surface area contributed by atoms with E-state index in [1.165, 1.54) is 18.3 Å². The molecule has 114 valence electrons. The van der Waals surface area contributed by atoms with Crippen molar-refractivity contribution in [2.24, 2.45) is 5.92 Å². The van der Waals surface area contributed by atoms with Crippen LogP contribution in [0.5, 0.6) is 11.5 Å². The molecule has 0 aliphatic heterocycles. The number of alkyl halides is 3. The van der Waals surface area contributed by atoms with Crippen molar-refractivity contribution in [3.05, 3.63) is 30.6 Å². The van der Waals surface area contributed by atoms with Crippen LogP contribution in [0, 0.1) is 5.92 Å². The SMILES string of the molecule is CC(C)Cn1cc(-c2ccc(O)cc2OC(F)(F)F)cn1. The second-order valence-electron chi connectivity index (χ2n) is 5.07. The van der Waals surface area contributed by atoms with Gasteiger partial charge in [-0.1, -0.05) is 13.8 Å². The molecule has 0 saturated heterocycles. The Bertz CT molecular complexity index is 621. The van der Waals surface area contributed by atoms with Crippen molar-refractivity contribution in [3.8, 4) is 22.6 Å². The Kier molecular flexibility index (Phi) is 4.11. The summed E-state index contributed by atoms with van der Waals surface area (Å²) in [4.78, 5) is 0. The van der Waals surface area contributed by atoms with Crippen molar-refractivity contribution >= 4 is 0 Å². The van der Waals surface area contributed by atoms with Gasteiger partial charge in [0.15, 0.2) is 0 Å². The standard InChI is InChI=1S/C14H15F3N2O2/c1-9(2)7-19-8-10(6-18-19)12-4-3-11(20)5-13(12)21-14(15,16)17/h3-6,8-9,20H,7H2,1-2H3. The van der Waals surface area contributed by atoms with E-state index in [2.05, 4.69) is 9.84 Å². The van der Waals surface area contributed by atoms with Crippen LogP contribution in [0.1, 0.15) is 13.8 Å². The Balaban J connectivity index is 2.36. The Hall–Kier alpha value is -2.18. The molecule has 0 bridgehead atoms. The topological polar surface area (TPSA) is 47.3 Å². The maximum atomic E-state index is 12.4. The van der Waals surface area contributed by atoms with E-state index in [1.54, 1.807) is 10.9 Å². The van der Waals surface area contributed by atoms with Crippen LogP contribution < -0.4 is 4.74 Å². The van der Waals surface area contributed by atoms with E-state index in [1.807, 2.05) is 13.8 Å². The van der Waals surface area contributed by atoms with Gasteiger partial charge >= 0.3 is 6.36 Å². The number of rotatable bonds is 4. The van der Waals surface area contributed by atoms with E-state index in [0.717, 1.165) is 6.07 Å². The number of aromatic nitrogens is 2. The summed E-state index contributed by atoms with van der Waals surface area (Å²) in [6.45, 7) is 4.69. The molecular formula is C14H15F3N2O2. The third-order valence-corrected chi connectivity index (χ3v) is 2.69. The zero-order chi connectivity index (χ0) is 15.6. The molecule has 2 rings (SSSR count). The van der Waals surface area contributed by atoms with E-state index in [-0.39, 0.29) is 11.3 Å². The fourth-order valence-electron chi connectivity index (χ4n) is 1.94. The normalized spacial score (nSPS) is 11.9. The molecule has 21 heavy (non-hydrogen) atoms. The lowest BCUT2D eigenvalue weighted by Gasteiger charge is -2.12. The molecule has 0 fully saturated rings. The van der Waals surface area contributed by atoms with Crippen LogP contribution in [0.3, 0.4) is 0 Å². The average Bonchev–Trinajstić information content (AvgIpc) is 2.74. The number of phenols is 1. The minimum absolute atomic E-state index is 0.222. The largest absolute Gasteiger partial charge is 0.573 e. The molecule has 0 aliphatic carbocycles. The van der Waals surface area contributed by atoms with Gasteiger partial charge < -0.3 is 9.84 Å². The number of ether oxygens (including phenoxy) is 1. The molecular weight excluding hydrogens is 285 g/mol. The number of nitrogens with zero attached hydrogens (tertiary/aromatic N) is 2. The highest BCUT2D eigenvalue weighted by Crippen LogP contribution is 2.36. The molecule has 0 amide bonds. The van der Waals surface area contributed by atoms with Crippen molar-refractivity contribution in [3.63, 3.8) is 0 Å². The summed E-state index contributed by atoms with van der Waals surface area (Å²) in [5.74, 6) is -0.386. The van der Waals surface area contributed by atoms with Gasteiger partial charge in [-0.25, -0.2) is 0 Å². The molecule has 0 spiro atoms. The van der Waals surface area contributed by atoms with Crippen molar-refractivity contribution in [1.82, 2.24) is 9.78 Å². The highest BCUT2D eigenvalue weighted by Gasteiger charge is 2.32. The van der Waals surface area contributed by atoms with Crippen molar-refractivity contribution in [1.29, 1.82) is 0 Å². The molecule has 1 aromatic heterocycles. The maximum absolute atomic E-state index is 12.4. The van der Waals surface area contributed by atoms with Gasteiger partial charge in [0.2, 0.25) is 0 Å². The molecule has 0 unspecified atom stereocenters. The Morgan fingerprint density at radius 3 is 2.67 bits per heavy atom. The third-order valence-electron chi connectivity index (χ3n) is 2.69. The molecule has 1 N–H and O–H groups in total. The van der Waals surface area contributed by atoms with Crippen LogP contribution >= 0.6 is 0 Å².